The Hall–Kier alpha value is -8.09. The minimum absolute atomic E-state index is 0.0133. The smallest absolute Gasteiger partial charge is 0.198 e. The van der Waals surface area contributed by atoms with Gasteiger partial charge in [-0.05, 0) is 122 Å². The van der Waals surface area contributed by atoms with Gasteiger partial charge in [-0.2, -0.15) is 0 Å². The van der Waals surface area contributed by atoms with Gasteiger partial charge < -0.3 is 14.3 Å². The number of nitrogens with one attached hydrogen (secondary N) is 1. The average molecular weight is 930 g/mol. The van der Waals surface area contributed by atoms with Gasteiger partial charge in [-0.1, -0.05) is 170 Å². The first-order valence-electron chi connectivity index (χ1n) is 25.4. The molecule has 0 amide bonds. The second kappa shape index (κ2) is 15.0. The zero-order chi connectivity index (χ0) is 49.0. The van der Waals surface area contributed by atoms with Crippen LogP contribution in [0, 0.1) is 0 Å². The highest BCUT2D eigenvalue weighted by Crippen LogP contribution is 2.52. The highest BCUT2D eigenvalue weighted by Gasteiger charge is 2.37. The van der Waals surface area contributed by atoms with Gasteiger partial charge in [0, 0.05) is 66.4 Å². The molecule has 0 atom stereocenters. The van der Waals surface area contributed by atoms with Crippen molar-refractivity contribution in [3.8, 4) is 45.0 Å². The maximum Gasteiger partial charge on any atom is 0.198 e. The summed E-state index contributed by atoms with van der Waals surface area (Å²) in [6.07, 6.45) is 0. The number of nitrogens with zero attached hydrogens (tertiary/aromatic N) is 3. The first kappa shape index (κ1) is 42.8. The van der Waals surface area contributed by atoms with Gasteiger partial charge in [0.05, 0.1) is 16.6 Å². The summed E-state index contributed by atoms with van der Waals surface area (Å²) in [5.74, 6) is 0.914. The molecule has 4 heterocycles. The number of para-hydroxylation sites is 1. The standard InChI is InChI=1S/C66H54BN4O/c1-64(2,3)39-23-26-41(27-24-39)68-54-33-50-44-28-25-40(65(4,5)6)31-59(44)72-60(50)34-48(54)45-29-30-46-49-32-47-43-21-15-16-22-51(43)66(7,8)52(47)35-56(49)71-57-37-58-55(36-53(57)67-61(45)62(46)71)69-63(38-17-11-9-12-18-38)70(58)42-19-13-10-14-20-42/h9-37,68H,1-8H3. The van der Waals surface area contributed by atoms with Crippen LogP contribution < -0.4 is 16.2 Å². The summed E-state index contributed by atoms with van der Waals surface area (Å²) >= 11 is 0. The molecule has 1 aliphatic carbocycles. The summed E-state index contributed by atoms with van der Waals surface area (Å²) in [6.45, 7) is 18.3. The van der Waals surface area contributed by atoms with Crippen molar-refractivity contribution in [2.45, 2.75) is 71.6 Å². The minimum atomic E-state index is -0.170. The average Bonchev–Trinajstić information content (AvgIpc) is 4.10. The van der Waals surface area contributed by atoms with Crippen LogP contribution in [0.2, 0.25) is 0 Å². The summed E-state index contributed by atoms with van der Waals surface area (Å²) in [4.78, 5) is 5.46. The van der Waals surface area contributed by atoms with Gasteiger partial charge in [0.25, 0.3) is 0 Å². The molecule has 9 aromatic carbocycles. The van der Waals surface area contributed by atoms with E-state index in [1.54, 1.807) is 0 Å². The van der Waals surface area contributed by atoms with E-state index in [1.165, 1.54) is 55.2 Å². The summed E-state index contributed by atoms with van der Waals surface area (Å²) < 4.78 is 11.8. The summed E-state index contributed by atoms with van der Waals surface area (Å²) in [7, 11) is 2.42. The van der Waals surface area contributed by atoms with E-state index in [1.807, 2.05) is 0 Å². The van der Waals surface area contributed by atoms with Crippen LogP contribution in [0.1, 0.15) is 77.6 Å². The molecule has 0 saturated carbocycles. The van der Waals surface area contributed by atoms with Gasteiger partial charge in [0.1, 0.15) is 17.0 Å². The Bertz CT molecular complexity index is 4230. The Morgan fingerprint density at radius 3 is 1.99 bits per heavy atom. The minimum Gasteiger partial charge on any atom is -0.456 e. The molecular weight excluding hydrogens is 876 g/mol. The molecule has 12 aromatic rings. The van der Waals surface area contributed by atoms with E-state index in [-0.39, 0.29) is 16.2 Å². The van der Waals surface area contributed by atoms with Crippen LogP contribution in [0.25, 0.3) is 99.8 Å². The molecule has 0 spiro atoms. The maximum absolute atomic E-state index is 6.89. The fourth-order valence-electron chi connectivity index (χ4n) is 12.0. The van der Waals surface area contributed by atoms with Gasteiger partial charge >= 0.3 is 0 Å². The highest BCUT2D eigenvalue weighted by molar-refractivity contribution is 6.73. The lowest BCUT2D eigenvalue weighted by molar-refractivity contribution is 0.587. The maximum atomic E-state index is 6.89. The van der Waals surface area contributed by atoms with Crippen molar-refractivity contribution in [3.05, 3.63) is 198 Å². The van der Waals surface area contributed by atoms with E-state index in [0.717, 1.165) is 89.2 Å². The van der Waals surface area contributed by atoms with E-state index in [9.17, 15) is 0 Å². The third kappa shape index (κ3) is 6.30. The lowest BCUT2D eigenvalue weighted by Crippen LogP contribution is -2.37. The van der Waals surface area contributed by atoms with Crippen molar-refractivity contribution in [3.63, 3.8) is 0 Å². The molecule has 6 heteroatoms. The topological polar surface area (TPSA) is 47.9 Å². The van der Waals surface area contributed by atoms with Crippen molar-refractivity contribution in [1.29, 1.82) is 0 Å². The highest BCUT2D eigenvalue weighted by atomic mass is 16.3. The number of hydrogen-bond donors (Lipinski definition) is 1. The van der Waals surface area contributed by atoms with E-state index < -0.39 is 0 Å². The monoisotopic (exact) mass is 929 g/mol. The van der Waals surface area contributed by atoms with Gasteiger partial charge in [0.2, 0.25) is 0 Å². The molecule has 2 aliphatic rings. The molecule has 72 heavy (non-hydrogen) atoms. The molecule has 14 rings (SSSR count). The lowest BCUT2D eigenvalue weighted by Gasteiger charge is -2.25. The first-order valence-corrected chi connectivity index (χ1v) is 25.4. The predicted molar refractivity (Wildman–Crippen MR) is 303 cm³/mol. The van der Waals surface area contributed by atoms with Crippen LogP contribution in [-0.2, 0) is 16.2 Å². The van der Waals surface area contributed by atoms with Gasteiger partial charge in [-0.3, -0.25) is 4.57 Å². The van der Waals surface area contributed by atoms with Gasteiger partial charge in [-0.25, -0.2) is 4.98 Å². The van der Waals surface area contributed by atoms with Crippen LogP contribution in [-0.4, -0.2) is 21.4 Å². The van der Waals surface area contributed by atoms with Crippen molar-refractivity contribution < 1.29 is 4.42 Å². The van der Waals surface area contributed by atoms with Gasteiger partial charge in [-0.15, -0.1) is 0 Å². The molecule has 0 bridgehead atoms. The Labute approximate surface area is 421 Å². The van der Waals surface area contributed by atoms with Crippen LogP contribution in [0.15, 0.2) is 180 Å². The molecule has 1 aliphatic heterocycles. The Morgan fingerprint density at radius 2 is 1.22 bits per heavy atom. The van der Waals surface area contributed by atoms with Crippen LogP contribution in [0.5, 0.6) is 0 Å². The SMILES string of the molecule is CC(C)(C)c1ccc(Nc2cc3c(cc2-c2ccc4c5cc6c(cc5n5c4c2[B]c2cc4nc(-c7ccccc7)n(-c7ccccc7)c4cc2-5)C(C)(C)c2ccccc2-6)oc2cc(C(C)(C)C)ccc23)cc1. The normalized spacial score (nSPS) is 13.8. The van der Waals surface area contributed by atoms with E-state index >= 15 is 0 Å². The molecule has 3 aromatic heterocycles. The van der Waals surface area contributed by atoms with Gasteiger partial charge in [0.15, 0.2) is 7.28 Å². The van der Waals surface area contributed by atoms with Crippen molar-refractivity contribution in [1.82, 2.24) is 14.1 Å². The third-order valence-corrected chi connectivity index (χ3v) is 15.9. The fourth-order valence-corrected chi connectivity index (χ4v) is 12.0. The van der Waals surface area contributed by atoms with E-state index in [0.29, 0.717) is 0 Å². The Morgan fingerprint density at radius 1 is 0.528 bits per heavy atom. The van der Waals surface area contributed by atoms with Crippen LogP contribution in [0.3, 0.4) is 0 Å². The molecule has 0 saturated heterocycles. The lowest BCUT2D eigenvalue weighted by atomic mass is 9.59. The number of aromatic nitrogens is 3. The molecule has 347 valence electrons. The number of benzene rings is 9. The number of hydrogen-bond acceptors (Lipinski definition) is 3. The molecular formula is C66H54BN4O. The number of imidazole rings is 1. The molecule has 0 unspecified atom stereocenters. The van der Waals surface area contributed by atoms with Crippen molar-refractivity contribution in [2.75, 3.05) is 5.32 Å². The zero-order valence-corrected chi connectivity index (χ0v) is 42.1. The molecule has 1 N–H and O–H groups in total. The van der Waals surface area contributed by atoms with Crippen molar-refractivity contribution in [2.24, 2.45) is 0 Å². The van der Waals surface area contributed by atoms with E-state index in [2.05, 4.69) is 253 Å². The molecule has 5 nitrogen and oxygen atoms in total. The number of rotatable bonds is 5. The Balaban J connectivity index is 1.06. The predicted octanol–water partition coefficient (Wildman–Crippen LogP) is 16.0. The second-order valence-electron chi connectivity index (χ2n) is 22.8. The fraction of sp³-hybridized carbons (Fsp3) is 0.167. The number of fused-ring (bicyclic) bond motifs is 12. The largest absolute Gasteiger partial charge is 0.456 e. The second-order valence-corrected chi connectivity index (χ2v) is 22.8. The van der Waals surface area contributed by atoms with Crippen LogP contribution >= 0.6 is 0 Å². The molecule has 0 fully saturated rings. The van der Waals surface area contributed by atoms with Crippen molar-refractivity contribution >= 4 is 84.4 Å². The zero-order valence-electron chi connectivity index (χ0n) is 42.1. The number of anilines is 2. The Kier molecular flexibility index (Phi) is 8.89. The van der Waals surface area contributed by atoms with E-state index in [4.69, 9.17) is 9.40 Å². The van der Waals surface area contributed by atoms with Crippen LogP contribution in [0.4, 0.5) is 11.4 Å². The summed E-state index contributed by atoms with van der Waals surface area (Å²) in [5.41, 5.74) is 23.7. The quantitative estimate of drug-likeness (QED) is 0.175. The summed E-state index contributed by atoms with van der Waals surface area (Å²) in [5, 5.41) is 8.61. The third-order valence-electron chi connectivity index (χ3n) is 15.9. The molecule has 1 radical (unpaired) electrons. The summed E-state index contributed by atoms with van der Waals surface area (Å²) in [6, 6.07) is 64.8. The number of furan rings is 1. The first-order chi connectivity index (χ1) is 34.7.